The van der Waals surface area contributed by atoms with Gasteiger partial charge in [0.1, 0.15) is 5.69 Å². The van der Waals surface area contributed by atoms with Gasteiger partial charge in [-0.15, -0.1) is 0 Å². The molecule has 1 saturated heterocycles. The van der Waals surface area contributed by atoms with Crippen LogP contribution in [0.3, 0.4) is 0 Å². The predicted octanol–water partition coefficient (Wildman–Crippen LogP) is 0.858. The SMILES string of the molecule is NC(=O)c1ccc([N+](=O)[O-])c(NCC2CCCN2)c1. The summed E-state index contributed by atoms with van der Waals surface area (Å²) in [6, 6.07) is 4.39. The molecule has 1 fully saturated rings. The van der Waals surface area contributed by atoms with E-state index in [1.165, 1.54) is 18.2 Å². The van der Waals surface area contributed by atoms with Crippen molar-refractivity contribution in [3.63, 3.8) is 0 Å². The molecule has 7 nitrogen and oxygen atoms in total. The van der Waals surface area contributed by atoms with Crippen LogP contribution >= 0.6 is 0 Å². The van der Waals surface area contributed by atoms with E-state index in [0.717, 1.165) is 19.4 Å². The van der Waals surface area contributed by atoms with Crippen LogP contribution in [0.2, 0.25) is 0 Å². The van der Waals surface area contributed by atoms with E-state index in [1.807, 2.05) is 0 Å². The van der Waals surface area contributed by atoms with Gasteiger partial charge in [-0.1, -0.05) is 0 Å². The van der Waals surface area contributed by atoms with Gasteiger partial charge in [0.2, 0.25) is 5.91 Å². The number of amides is 1. The fraction of sp³-hybridized carbons (Fsp3) is 0.417. The summed E-state index contributed by atoms with van der Waals surface area (Å²) in [5.41, 5.74) is 5.71. The molecule has 0 spiro atoms. The largest absolute Gasteiger partial charge is 0.378 e. The third kappa shape index (κ3) is 3.19. The Labute approximate surface area is 110 Å². The lowest BCUT2D eigenvalue weighted by molar-refractivity contribution is -0.384. The number of nitrogens with zero attached hydrogens (tertiary/aromatic N) is 1. The van der Waals surface area contributed by atoms with Crippen molar-refractivity contribution in [2.45, 2.75) is 18.9 Å². The molecule has 0 radical (unpaired) electrons. The van der Waals surface area contributed by atoms with Gasteiger partial charge >= 0.3 is 0 Å². The molecule has 1 unspecified atom stereocenters. The molecule has 1 amide bonds. The normalized spacial score (nSPS) is 18.2. The second-order valence-corrected chi connectivity index (χ2v) is 4.53. The third-order valence-electron chi connectivity index (χ3n) is 3.18. The van der Waals surface area contributed by atoms with Gasteiger partial charge in [-0.25, -0.2) is 0 Å². The topological polar surface area (TPSA) is 110 Å². The highest BCUT2D eigenvalue weighted by atomic mass is 16.6. The van der Waals surface area contributed by atoms with Crippen LogP contribution in [0.5, 0.6) is 0 Å². The summed E-state index contributed by atoms with van der Waals surface area (Å²) < 4.78 is 0. The Hall–Kier alpha value is -2.15. The Morgan fingerprint density at radius 2 is 2.37 bits per heavy atom. The number of anilines is 1. The molecular weight excluding hydrogens is 248 g/mol. The number of nitrogens with one attached hydrogen (secondary N) is 2. The summed E-state index contributed by atoms with van der Waals surface area (Å²) in [4.78, 5) is 21.6. The number of hydrogen-bond acceptors (Lipinski definition) is 5. The van der Waals surface area contributed by atoms with Gasteiger partial charge in [0, 0.05) is 24.2 Å². The molecule has 102 valence electrons. The summed E-state index contributed by atoms with van der Waals surface area (Å²) in [6.07, 6.45) is 2.14. The molecule has 19 heavy (non-hydrogen) atoms. The highest BCUT2D eigenvalue weighted by Gasteiger charge is 2.18. The molecular formula is C12H16N4O3. The van der Waals surface area contributed by atoms with Crippen LogP contribution in [-0.4, -0.2) is 30.0 Å². The molecule has 0 aromatic heterocycles. The molecule has 1 aromatic rings. The summed E-state index contributed by atoms with van der Waals surface area (Å²) in [5, 5.41) is 17.2. The smallest absolute Gasteiger partial charge is 0.292 e. The van der Waals surface area contributed by atoms with E-state index in [-0.39, 0.29) is 11.3 Å². The van der Waals surface area contributed by atoms with Crippen molar-refractivity contribution in [3.8, 4) is 0 Å². The Balaban J connectivity index is 2.16. The lowest BCUT2D eigenvalue weighted by Crippen LogP contribution is -2.29. The maximum Gasteiger partial charge on any atom is 0.292 e. The van der Waals surface area contributed by atoms with Crippen LogP contribution in [0.4, 0.5) is 11.4 Å². The molecule has 1 aliphatic rings. The summed E-state index contributed by atoms with van der Waals surface area (Å²) in [7, 11) is 0. The van der Waals surface area contributed by atoms with Crippen molar-refractivity contribution in [3.05, 3.63) is 33.9 Å². The van der Waals surface area contributed by atoms with E-state index in [1.54, 1.807) is 0 Å². The highest BCUT2D eigenvalue weighted by Crippen LogP contribution is 2.25. The Morgan fingerprint density at radius 1 is 1.58 bits per heavy atom. The maximum atomic E-state index is 11.1. The highest BCUT2D eigenvalue weighted by molar-refractivity contribution is 5.94. The molecule has 0 saturated carbocycles. The number of nitro groups is 1. The first-order valence-electron chi connectivity index (χ1n) is 6.13. The number of rotatable bonds is 5. The van der Waals surface area contributed by atoms with Gasteiger partial charge in [0.15, 0.2) is 0 Å². The molecule has 1 aromatic carbocycles. The number of primary amides is 1. The van der Waals surface area contributed by atoms with Crippen LogP contribution in [0.25, 0.3) is 0 Å². The lowest BCUT2D eigenvalue weighted by atomic mass is 10.1. The summed E-state index contributed by atoms with van der Waals surface area (Å²) >= 11 is 0. The lowest BCUT2D eigenvalue weighted by Gasteiger charge is -2.13. The van der Waals surface area contributed by atoms with E-state index >= 15 is 0 Å². The molecule has 1 aliphatic heterocycles. The average Bonchev–Trinajstić information content (AvgIpc) is 2.88. The van der Waals surface area contributed by atoms with Crippen LogP contribution in [-0.2, 0) is 0 Å². The molecule has 1 atom stereocenters. The average molecular weight is 264 g/mol. The van der Waals surface area contributed by atoms with E-state index in [9.17, 15) is 14.9 Å². The van der Waals surface area contributed by atoms with Crippen LogP contribution < -0.4 is 16.4 Å². The number of carbonyl (C=O) groups excluding carboxylic acids is 1. The predicted molar refractivity (Wildman–Crippen MR) is 71.1 cm³/mol. The van der Waals surface area contributed by atoms with Crippen molar-refractivity contribution < 1.29 is 9.72 Å². The fourth-order valence-electron chi connectivity index (χ4n) is 2.15. The second-order valence-electron chi connectivity index (χ2n) is 4.53. The minimum atomic E-state index is -0.600. The molecule has 0 bridgehead atoms. The zero-order chi connectivity index (χ0) is 13.8. The van der Waals surface area contributed by atoms with Gasteiger partial charge in [0.25, 0.3) is 5.69 Å². The maximum absolute atomic E-state index is 11.1. The van der Waals surface area contributed by atoms with Crippen LogP contribution in [0.1, 0.15) is 23.2 Å². The molecule has 4 N–H and O–H groups in total. The van der Waals surface area contributed by atoms with Gasteiger partial charge < -0.3 is 16.4 Å². The first-order valence-corrected chi connectivity index (χ1v) is 6.13. The van der Waals surface area contributed by atoms with E-state index in [0.29, 0.717) is 18.3 Å². The number of carbonyl (C=O) groups is 1. The van der Waals surface area contributed by atoms with Crippen molar-refractivity contribution in [2.75, 3.05) is 18.4 Å². The second kappa shape index (κ2) is 5.66. The molecule has 0 aliphatic carbocycles. The standard InChI is InChI=1S/C12H16N4O3/c13-12(17)8-3-4-11(16(18)19)10(6-8)15-7-9-2-1-5-14-9/h3-4,6,9,14-15H,1-2,5,7H2,(H2,13,17). The molecule has 7 heteroatoms. The van der Waals surface area contributed by atoms with E-state index in [4.69, 9.17) is 5.73 Å². The first kappa shape index (κ1) is 13.3. The quantitative estimate of drug-likeness (QED) is 0.539. The summed E-state index contributed by atoms with van der Waals surface area (Å²) in [5.74, 6) is -0.600. The minimum Gasteiger partial charge on any atom is -0.378 e. The van der Waals surface area contributed by atoms with Crippen molar-refractivity contribution in [2.24, 2.45) is 5.73 Å². The fourth-order valence-corrected chi connectivity index (χ4v) is 2.15. The monoisotopic (exact) mass is 264 g/mol. The summed E-state index contributed by atoms with van der Waals surface area (Å²) in [6.45, 7) is 1.55. The first-order chi connectivity index (χ1) is 9.08. The van der Waals surface area contributed by atoms with Crippen molar-refractivity contribution in [1.29, 1.82) is 0 Å². The van der Waals surface area contributed by atoms with Gasteiger partial charge in [-0.3, -0.25) is 14.9 Å². The Kier molecular flexibility index (Phi) is 3.96. The van der Waals surface area contributed by atoms with Crippen LogP contribution in [0, 0.1) is 10.1 Å². The zero-order valence-electron chi connectivity index (χ0n) is 10.4. The van der Waals surface area contributed by atoms with Crippen molar-refractivity contribution in [1.82, 2.24) is 5.32 Å². The van der Waals surface area contributed by atoms with E-state index < -0.39 is 10.8 Å². The number of benzene rings is 1. The van der Waals surface area contributed by atoms with Gasteiger partial charge in [-0.05, 0) is 31.5 Å². The van der Waals surface area contributed by atoms with Crippen molar-refractivity contribution >= 4 is 17.3 Å². The van der Waals surface area contributed by atoms with Crippen LogP contribution in [0.15, 0.2) is 18.2 Å². The molecule has 1 heterocycles. The zero-order valence-corrected chi connectivity index (χ0v) is 10.4. The Bertz CT molecular complexity index is 498. The number of nitrogens with two attached hydrogens (primary N) is 1. The number of hydrogen-bond donors (Lipinski definition) is 3. The van der Waals surface area contributed by atoms with E-state index in [2.05, 4.69) is 10.6 Å². The van der Waals surface area contributed by atoms with Gasteiger partial charge in [0.05, 0.1) is 4.92 Å². The minimum absolute atomic E-state index is 0.0528. The Morgan fingerprint density at radius 3 is 2.95 bits per heavy atom. The van der Waals surface area contributed by atoms with Gasteiger partial charge in [-0.2, -0.15) is 0 Å². The number of nitro benzene ring substituents is 1. The molecule has 2 rings (SSSR count). The third-order valence-corrected chi connectivity index (χ3v) is 3.18.